The smallest absolute Gasteiger partial charge is 0.150 e. The number of halogens is 1. The summed E-state index contributed by atoms with van der Waals surface area (Å²) in [7, 11) is 0. The topological polar surface area (TPSA) is 67.6 Å². The third-order valence-electron chi connectivity index (χ3n) is 3.08. The van der Waals surface area contributed by atoms with Gasteiger partial charge >= 0.3 is 0 Å². The van der Waals surface area contributed by atoms with Crippen LogP contribution in [-0.4, -0.2) is 28.0 Å². The maximum Gasteiger partial charge on any atom is 0.150 e. The van der Waals surface area contributed by atoms with Gasteiger partial charge in [0.25, 0.3) is 0 Å². The highest BCUT2D eigenvalue weighted by Gasteiger charge is 2.19. The molecule has 0 fully saturated rings. The van der Waals surface area contributed by atoms with Crippen LogP contribution in [0, 0.1) is 0 Å². The highest BCUT2D eigenvalue weighted by Crippen LogP contribution is 2.42. The molecular weight excluding hydrogens is 322 g/mol. The second-order valence-electron chi connectivity index (χ2n) is 4.36. The first-order valence-electron chi connectivity index (χ1n) is 6.58. The van der Waals surface area contributed by atoms with Crippen molar-refractivity contribution in [1.29, 1.82) is 0 Å². The fourth-order valence-corrected chi connectivity index (χ4v) is 3.60. The number of oxime groups is 1. The standard InChI is InChI=1S/C15H12ClN3O2S/c1-2-21-11-6-4-3-5-9(11)13-10(7-19-20)12-14(22-13)15(16)18-8-17-12/h3-8,20H,2H2,1H3/b19-7+. The molecule has 0 aliphatic heterocycles. The molecule has 0 saturated carbocycles. The molecule has 0 radical (unpaired) electrons. The Kier molecular flexibility index (Phi) is 4.22. The molecule has 0 atom stereocenters. The van der Waals surface area contributed by atoms with Gasteiger partial charge in [0.05, 0.1) is 23.0 Å². The Labute approximate surface area is 135 Å². The lowest BCUT2D eigenvalue weighted by molar-refractivity contribution is 0.322. The van der Waals surface area contributed by atoms with Crippen molar-refractivity contribution in [2.24, 2.45) is 5.16 Å². The Hall–Kier alpha value is -2.18. The Morgan fingerprint density at radius 1 is 1.36 bits per heavy atom. The van der Waals surface area contributed by atoms with E-state index < -0.39 is 0 Å². The van der Waals surface area contributed by atoms with Crippen LogP contribution in [-0.2, 0) is 0 Å². The van der Waals surface area contributed by atoms with Crippen molar-refractivity contribution in [2.45, 2.75) is 6.92 Å². The number of ether oxygens (including phenoxy) is 1. The number of fused-ring (bicyclic) bond motifs is 1. The average molecular weight is 334 g/mol. The summed E-state index contributed by atoms with van der Waals surface area (Å²) in [6.45, 7) is 2.49. The molecule has 0 saturated heterocycles. The van der Waals surface area contributed by atoms with E-state index in [0.717, 1.165) is 20.9 Å². The highest BCUT2D eigenvalue weighted by atomic mass is 35.5. The summed E-state index contributed by atoms with van der Waals surface area (Å²) in [4.78, 5) is 9.13. The number of benzene rings is 1. The van der Waals surface area contributed by atoms with Gasteiger partial charge in [0, 0.05) is 16.0 Å². The average Bonchev–Trinajstić information content (AvgIpc) is 2.89. The summed E-state index contributed by atoms with van der Waals surface area (Å²) in [5.74, 6) is 0.758. The molecule has 5 nitrogen and oxygen atoms in total. The zero-order valence-corrected chi connectivity index (χ0v) is 13.2. The molecule has 0 aliphatic carbocycles. The largest absolute Gasteiger partial charge is 0.493 e. The fourth-order valence-electron chi connectivity index (χ4n) is 2.21. The zero-order valence-electron chi connectivity index (χ0n) is 11.7. The van der Waals surface area contributed by atoms with Crippen LogP contribution in [0.3, 0.4) is 0 Å². The van der Waals surface area contributed by atoms with Gasteiger partial charge in [-0.15, -0.1) is 11.3 Å². The summed E-state index contributed by atoms with van der Waals surface area (Å²) in [5, 5.41) is 12.5. The van der Waals surface area contributed by atoms with E-state index in [-0.39, 0.29) is 0 Å². The molecule has 3 rings (SSSR count). The van der Waals surface area contributed by atoms with E-state index in [0.29, 0.717) is 22.8 Å². The number of aromatic nitrogens is 2. The minimum absolute atomic E-state index is 0.378. The van der Waals surface area contributed by atoms with E-state index in [9.17, 15) is 0 Å². The number of hydrogen-bond acceptors (Lipinski definition) is 6. The van der Waals surface area contributed by atoms with Crippen molar-refractivity contribution in [3.05, 3.63) is 41.3 Å². The van der Waals surface area contributed by atoms with E-state index in [1.165, 1.54) is 23.9 Å². The lowest BCUT2D eigenvalue weighted by Crippen LogP contribution is -1.94. The van der Waals surface area contributed by atoms with Crippen LogP contribution >= 0.6 is 22.9 Å². The molecule has 1 aromatic carbocycles. The second-order valence-corrected chi connectivity index (χ2v) is 5.74. The number of nitrogens with zero attached hydrogens (tertiary/aromatic N) is 3. The fraction of sp³-hybridized carbons (Fsp3) is 0.133. The summed E-state index contributed by atoms with van der Waals surface area (Å²) in [6, 6.07) is 7.69. The molecule has 0 amide bonds. The van der Waals surface area contributed by atoms with Crippen molar-refractivity contribution >= 4 is 39.4 Å². The van der Waals surface area contributed by atoms with E-state index >= 15 is 0 Å². The van der Waals surface area contributed by atoms with Gasteiger partial charge in [-0.3, -0.25) is 0 Å². The predicted octanol–water partition coefficient (Wildman–Crippen LogP) is 4.22. The molecule has 0 spiro atoms. The van der Waals surface area contributed by atoms with Crippen molar-refractivity contribution in [1.82, 2.24) is 9.97 Å². The van der Waals surface area contributed by atoms with Crippen LogP contribution in [0.4, 0.5) is 0 Å². The van der Waals surface area contributed by atoms with Crippen LogP contribution in [0.15, 0.2) is 35.7 Å². The number of para-hydroxylation sites is 1. The maximum absolute atomic E-state index is 8.98. The third-order valence-corrected chi connectivity index (χ3v) is 4.72. The van der Waals surface area contributed by atoms with Gasteiger partial charge in [0.2, 0.25) is 0 Å². The van der Waals surface area contributed by atoms with Gasteiger partial charge in [0.15, 0.2) is 0 Å². The number of rotatable bonds is 4. The van der Waals surface area contributed by atoms with Crippen molar-refractivity contribution in [3.63, 3.8) is 0 Å². The maximum atomic E-state index is 8.98. The lowest BCUT2D eigenvalue weighted by atomic mass is 10.1. The molecular formula is C15H12ClN3O2S. The minimum atomic E-state index is 0.378. The Bertz CT molecular complexity index is 848. The van der Waals surface area contributed by atoms with Crippen molar-refractivity contribution in [3.8, 4) is 16.2 Å². The SMILES string of the molecule is CCOc1ccccc1-c1sc2c(Cl)ncnc2c1/C=N/O. The van der Waals surface area contributed by atoms with Gasteiger partial charge in [-0.2, -0.15) is 0 Å². The number of hydrogen-bond donors (Lipinski definition) is 1. The van der Waals surface area contributed by atoms with E-state index in [1.54, 1.807) is 0 Å². The van der Waals surface area contributed by atoms with Crippen LogP contribution in [0.1, 0.15) is 12.5 Å². The molecule has 112 valence electrons. The third kappa shape index (κ3) is 2.51. The molecule has 2 heterocycles. The Balaban J connectivity index is 2.31. The molecule has 0 aliphatic rings. The second kappa shape index (κ2) is 6.29. The van der Waals surface area contributed by atoms with Gasteiger partial charge in [0.1, 0.15) is 17.2 Å². The predicted molar refractivity (Wildman–Crippen MR) is 88.4 cm³/mol. The van der Waals surface area contributed by atoms with Gasteiger partial charge in [-0.1, -0.05) is 28.9 Å². The first-order valence-corrected chi connectivity index (χ1v) is 7.78. The van der Waals surface area contributed by atoms with E-state index in [2.05, 4.69) is 15.1 Å². The van der Waals surface area contributed by atoms with Crippen LogP contribution in [0.2, 0.25) is 5.15 Å². The summed E-state index contributed by atoms with van der Waals surface area (Å²) < 4.78 is 6.43. The zero-order chi connectivity index (χ0) is 15.5. The summed E-state index contributed by atoms with van der Waals surface area (Å²) in [6.07, 6.45) is 2.75. The van der Waals surface area contributed by atoms with Crippen molar-refractivity contribution < 1.29 is 9.94 Å². The molecule has 2 aromatic heterocycles. The van der Waals surface area contributed by atoms with Crippen molar-refractivity contribution in [2.75, 3.05) is 6.61 Å². The van der Waals surface area contributed by atoms with Crippen LogP contribution in [0.25, 0.3) is 20.7 Å². The summed E-state index contributed by atoms with van der Waals surface area (Å²) >= 11 is 7.60. The van der Waals surface area contributed by atoms with Gasteiger partial charge < -0.3 is 9.94 Å². The van der Waals surface area contributed by atoms with Crippen LogP contribution < -0.4 is 4.74 Å². The molecule has 0 bridgehead atoms. The Morgan fingerprint density at radius 3 is 2.95 bits per heavy atom. The minimum Gasteiger partial charge on any atom is -0.493 e. The normalized spacial score (nSPS) is 11.4. The number of thiophene rings is 1. The van der Waals surface area contributed by atoms with Gasteiger partial charge in [-0.05, 0) is 19.1 Å². The molecule has 1 N–H and O–H groups in total. The highest BCUT2D eigenvalue weighted by molar-refractivity contribution is 7.23. The first kappa shape index (κ1) is 14.7. The summed E-state index contributed by atoms with van der Waals surface area (Å²) in [5.41, 5.74) is 2.25. The van der Waals surface area contributed by atoms with E-state index in [4.69, 9.17) is 21.5 Å². The van der Waals surface area contributed by atoms with E-state index in [1.807, 2.05) is 31.2 Å². The van der Waals surface area contributed by atoms with Crippen LogP contribution in [0.5, 0.6) is 5.75 Å². The Morgan fingerprint density at radius 2 is 2.18 bits per heavy atom. The molecule has 3 aromatic rings. The monoisotopic (exact) mass is 333 g/mol. The first-order chi connectivity index (χ1) is 10.8. The van der Waals surface area contributed by atoms with Gasteiger partial charge in [-0.25, -0.2) is 9.97 Å². The molecule has 0 unspecified atom stereocenters. The molecule has 7 heteroatoms. The lowest BCUT2D eigenvalue weighted by Gasteiger charge is -2.09. The molecule has 22 heavy (non-hydrogen) atoms. The quantitative estimate of drug-likeness (QED) is 0.336.